The molecule has 1 heterocycles. The van der Waals surface area contributed by atoms with Crippen molar-refractivity contribution in [3.8, 4) is 0 Å². The van der Waals surface area contributed by atoms with Crippen LogP contribution >= 0.6 is 0 Å². The number of hydrogen-bond acceptors (Lipinski definition) is 2. The first kappa shape index (κ1) is 10.2. The minimum Gasteiger partial charge on any atom is -0.385 e. The van der Waals surface area contributed by atoms with E-state index in [2.05, 4.69) is 31.3 Å². The number of hydrogen-bond donors (Lipinski definition) is 1. The van der Waals surface area contributed by atoms with Crippen molar-refractivity contribution in [2.45, 2.75) is 32.6 Å². The molecular weight excluding hydrogens is 186 g/mol. The summed E-state index contributed by atoms with van der Waals surface area (Å²) >= 11 is 0. The third-order valence-corrected chi connectivity index (χ3v) is 3.30. The van der Waals surface area contributed by atoms with Crippen LogP contribution in [0.5, 0.6) is 0 Å². The largest absolute Gasteiger partial charge is 0.385 e. The maximum atomic E-state index is 11.2. The summed E-state index contributed by atoms with van der Waals surface area (Å²) in [7, 11) is 0. The highest BCUT2D eigenvalue weighted by atomic mass is 16.1. The number of nitrogens with one attached hydrogen (secondary N) is 1. The van der Waals surface area contributed by atoms with E-state index in [1.807, 2.05) is 6.92 Å². The Morgan fingerprint density at radius 3 is 2.80 bits per heavy atom. The zero-order chi connectivity index (χ0) is 11.1. The van der Waals surface area contributed by atoms with Gasteiger partial charge in [-0.2, -0.15) is 0 Å². The standard InChI is InChI=1S/C13H17NO/c1-9-6-10(2)12-11(7-9)13(3,8-15)4-5-14-12/h6-8,14H,4-5H2,1-3H3. The molecule has 1 aliphatic rings. The molecule has 15 heavy (non-hydrogen) atoms. The van der Waals surface area contributed by atoms with Gasteiger partial charge in [-0.3, -0.25) is 0 Å². The van der Waals surface area contributed by atoms with Crippen molar-refractivity contribution >= 4 is 12.0 Å². The highest BCUT2D eigenvalue weighted by molar-refractivity contribution is 5.76. The van der Waals surface area contributed by atoms with Gasteiger partial charge in [0.15, 0.2) is 0 Å². The second kappa shape index (κ2) is 3.37. The van der Waals surface area contributed by atoms with E-state index in [4.69, 9.17) is 0 Å². The van der Waals surface area contributed by atoms with Crippen molar-refractivity contribution in [3.05, 3.63) is 28.8 Å². The zero-order valence-electron chi connectivity index (χ0n) is 9.55. The normalized spacial score (nSPS) is 24.2. The maximum absolute atomic E-state index is 11.2. The summed E-state index contributed by atoms with van der Waals surface area (Å²) in [6.45, 7) is 7.08. The number of aryl methyl sites for hydroxylation is 2. The average molecular weight is 203 g/mol. The van der Waals surface area contributed by atoms with Crippen molar-refractivity contribution in [1.82, 2.24) is 0 Å². The fourth-order valence-electron chi connectivity index (χ4n) is 2.36. The summed E-state index contributed by atoms with van der Waals surface area (Å²) in [5.41, 5.74) is 4.46. The first-order valence-electron chi connectivity index (χ1n) is 5.39. The molecule has 0 fully saturated rings. The number of carbonyl (C=O) groups is 1. The molecule has 0 saturated carbocycles. The molecule has 1 aliphatic heterocycles. The molecule has 1 N–H and O–H groups in total. The molecule has 0 radical (unpaired) electrons. The van der Waals surface area contributed by atoms with Gasteiger partial charge in [0, 0.05) is 12.2 Å². The second-order valence-corrected chi connectivity index (χ2v) is 4.72. The van der Waals surface area contributed by atoms with E-state index >= 15 is 0 Å². The predicted octanol–water partition coefficient (Wildman–Crippen LogP) is 2.58. The van der Waals surface area contributed by atoms with E-state index in [0.29, 0.717) is 0 Å². The van der Waals surface area contributed by atoms with Gasteiger partial charge < -0.3 is 10.1 Å². The van der Waals surface area contributed by atoms with Crippen LogP contribution in [0.2, 0.25) is 0 Å². The number of aldehydes is 1. The van der Waals surface area contributed by atoms with Crippen molar-refractivity contribution < 1.29 is 4.79 Å². The zero-order valence-corrected chi connectivity index (χ0v) is 9.55. The lowest BCUT2D eigenvalue weighted by molar-refractivity contribution is -0.112. The summed E-state index contributed by atoms with van der Waals surface area (Å²) in [6.07, 6.45) is 1.97. The molecule has 2 heteroatoms. The summed E-state index contributed by atoms with van der Waals surface area (Å²) in [6, 6.07) is 4.28. The lowest BCUT2D eigenvalue weighted by Crippen LogP contribution is -2.33. The van der Waals surface area contributed by atoms with Gasteiger partial charge in [-0.05, 0) is 38.3 Å². The molecule has 0 saturated heterocycles. The molecule has 2 rings (SSSR count). The van der Waals surface area contributed by atoms with Crippen LogP contribution in [0, 0.1) is 13.8 Å². The molecule has 0 bridgehead atoms. The third-order valence-electron chi connectivity index (χ3n) is 3.30. The topological polar surface area (TPSA) is 29.1 Å². The Labute approximate surface area is 90.7 Å². The first-order chi connectivity index (χ1) is 7.07. The molecule has 0 amide bonds. The van der Waals surface area contributed by atoms with Crippen LogP contribution in [0.25, 0.3) is 0 Å². The predicted molar refractivity (Wildman–Crippen MR) is 62.4 cm³/mol. The van der Waals surface area contributed by atoms with E-state index in [9.17, 15) is 4.79 Å². The van der Waals surface area contributed by atoms with Crippen molar-refractivity contribution in [2.24, 2.45) is 0 Å². The van der Waals surface area contributed by atoms with Gasteiger partial charge in [-0.1, -0.05) is 17.7 Å². The van der Waals surface area contributed by atoms with Crippen molar-refractivity contribution in [1.29, 1.82) is 0 Å². The number of rotatable bonds is 1. The van der Waals surface area contributed by atoms with Crippen LogP contribution in [-0.4, -0.2) is 12.8 Å². The summed E-state index contributed by atoms with van der Waals surface area (Å²) in [4.78, 5) is 11.2. The van der Waals surface area contributed by atoms with Crippen LogP contribution in [0.1, 0.15) is 30.0 Å². The average Bonchev–Trinajstić information content (AvgIpc) is 2.20. The fourth-order valence-corrected chi connectivity index (χ4v) is 2.36. The first-order valence-corrected chi connectivity index (χ1v) is 5.39. The summed E-state index contributed by atoms with van der Waals surface area (Å²) in [5.74, 6) is 0. The monoisotopic (exact) mass is 203 g/mol. The van der Waals surface area contributed by atoms with Crippen LogP contribution in [0.15, 0.2) is 12.1 Å². The summed E-state index contributed by atoms with van der Waals surface area (Å²) < 4.78 is 0. The fraction of sp³-hybridized carbons (Fsp3) is 0.462. The lowest BCUT2D eigenvalue weighted by atomic mass is 9.76. The molecule has 1 unspecified atom stereocenters. The molecular formula is C13H17NO. The van der Waals surface area contributed by atoms with Crippen LogP contribution in [-0.2, 0) is 10.2 Å². The van der Waals surface area contributed by atoms with Gasteiger partial charge in [0.25, 0.3) is 0 Å². The van der Waals surface area contributed by atoms with Gasteiger partial charge in [0.1, 0.15) is 6.29 Å². The molecule has 0 spiro atoms. The molecule has 80 valence electrons. The van der Waals surface area contributed by atoms with Gasteiger partial charge in [-0.15, -0.1) is 0 Å². The van der Waals surface area contributed by atoms with Gasteiger partial charge in [0.2, 0.25) is 0 Å². The number of fused-ring (bicyclic) bond motifs is 1. The molecule has 2 nitrogen and oxygen atoms in total. The van der Waals surface area contributed by atoms with Gasteiger partial charge in [-0.25, -0.2) is 0 Å². The molecule has 0 aliphatic carbocycles. The van der Waals surface area contributed by atoms with E-state index in [-0.39, 0.29) is 5.41 Å². The Bertz CT molecular complexity index is 411. The smallest absolute Gasteiger partial charge is 0.130 e. The lowest BCUT2D eigenvalue weighted by Gasteiger charge is -2.33. The molecule has 0 aromatic heterocycles. The Morgan fingerprint density at radius 2 is 2.13 bits per heavy atom. The van der Waals surface area contributed by atoms with Gasteiger partial charge >= 0.3 is 0 Å². The molecule has 1 aromatic rings. The van der Waals surface area contributed by atoms with Crippen molar-refractivity contribution in [3.63, 3.8) is 0 Å². The van der Waals surface area contributed by atoms with Crippen LogP contribution in [0.4, 0.5) is 5.69 Å². The van der Waals surface area contributed by atoms with E-state index < -0.39 is 0 Å². The van der Waals surface area contributed by atoms with E-state index in [0.717, 1.165) is 30.5 Å². The minimum atomic E-state index is -0.308. The number of anilines is 1. The van der Waals surface area contributed by atoms with Crippen molar-refractivity contribution in [2.75, 3.05) is 11.9 Å². The molecule has 1 aromatic carbocycles. The Morgan fingerprint density at radius 1 is 1.40 bits per heavy atom. The summed E-state index contributed by atoms with van der Waals surface area (Å²) in [5, 5.41) is 3.39. The SMILES string of the molecule is Cc1cc(C)c2c(c1)C(C)(C=O)CCN2. The highest BCUT2D eigenvalue weighted by Gasteiger charge is 2.32. The Kier molecular flexibility index (Phi) is 2.29. The Balaban J connectivity index is 2.65. The van der Waals surface area contributed by atoms with Gasteiger partial charge in [0.05, 0.1) is 5.41 Å². The van der Waals surface area contributed by atoms with Crippen LogP contribution in [0.3, 0.4) is 0 Å². The number of benzene rings is 1. The molecule has 1 atom stereocenters. The maximum Gasteiger partial charge on any atom is 0.130 e. The quantitative estimate of drug-likeness (QED) is 0.711. The van der Waals surface area contributed by atoms with E-state index in [1.165, 1.54) is 11.1 Å². The Hall–Kier alpha value is -1.31. The third kappa shape index (κ3) is 1.54. The second-order valence-electron chi connectivity index (χ2n) is 4.72. The van der Waals surface area contributed by atoms with E-state index in [1.54, 1.807) is 0 Å². The highest BCUT2D eigenvalue weighted by Crippen LogP contribution is 2.37. The number of carbonyl (C=O) groups excluding carboxylic acids is 1. The minimum absolute atomic E-state index is 0.308. The van der Waals surface area contributed by atoms with Crippen LogP contribution < -0.4 is 5.32 Å².